The van der Waals surface area contributed by atoms with Crippen molar-refractivity contribution >= 4 is 29.3 Å². The first kappa shape index (κ1) is 18.7. The van der Waals surface area contributed by atoms with Crippen LogP contribution in [-0.2, 0) is 20.7 Å². The van der Waals surface area contributed by atoms with Crippen LogP contribution in [0.15, 0.2) is 40.3 Å². The number of carbonyl (C=O) groups is 2. The van der Waals surface area contributed by atoms with E-state index >= 15 is 0 Å². The van der Waals surface area contributed by atoms with Crippen LogP contribution in [0.1, 0.15) is 18.2 Å². The number of nitrogens with zero attached hydrogens (tertiary/aromatic N) is 1. The summed E-state index contributed by atoms with van der Waals surface area (Å²) in [7, 11) is 1.27. The third-order valence-corrected chi connectivity index (χ3v) is 4.29. The van der Waals surface area contributed by atoms with Crippen LogP contribution in [0.2, 0.25) is 0 Å². The summed E-state index contributed by atoms with van der Waals surface area (Å²) in [5.41, 5.74) is 1.71. The Morgan fingerprint density at radius 2 is 2.00 bits per heavy atom. The summed E-state index contributed by atoms with van der Waals surface area (Å²) in [5.74, 6) is -0.700. The molecule has 2 N–H and O–H groups in total. The smallest absolute Gasteiger partial charge is 0.311 e. The van der Waals surface area contributed by atoms with Gasteiger partial charge < -0.3 is 15.0 Å². The van der Waals surface area contributed by atoms with E-state index in [-0.39, 0.29) is 23.0 Å². The summed E-state index contributed by atoms with van der Waals surface area (Å²) in [4.78, 5) is 42.0. The fourth-order valence-corrected chi connectivity index (χ4v) is 2.78. The minimum atomic E-state index is -0.488. The van der Waals surface area contributed by atoms with Gasteiger partial charge in [-0.25, -0.2) is 4.98 Å². The Bertz CT molecular complexity index is 817. The first-order chi connectivity index (χ1) is 11.9. The lowest BCUT2D eigenvalue weighted by Gasteiger charge is -2.12. The average Bonchev–Trinajstić information content (AvgIpc) is 2.56. The van der Waals surface area contributed by atoms with Crippen molar-refractivity contribution in [3.63, 3.8) is 0 Å². The topological polar surface area (TPSA) is 101 Å². The predicted octanol–water partition coefficient (Wildman–Crippen LogP) is 1.91. The quantitative estimate of drug-likeness (QED) is 0.463. The lowest BCUT2D eigenvalue weighted by atomic mass is 10.2. The molecule has 0 spiro atoms. The van der Waals surface area contributed by atoms with E-state index in [2.05, 4.69) is 20.0 Å². The number of amides is 1. The fourth-order valence-electron chi connectivity index (χ4n) is 1.95. The van der Waals surface area contributed by atoms with Gasteiger partial charge in [-0.05, 0) is 26.0 Å². The number of hydrogen-bond donors (Lipinski definition) is 2. The highest BCUT2D eigenvalue weighted by Gasteiger charge is 2.17. The van der Waals surface area contributed by atoms with Gasteiger partial charge in [0.25, 0.3) is 5.56 Å². The van der Waals surface area contributed by atoms with Crippen LogP contribution >= 0.6 is 11.8 Å². The van der Waals surface area contributed by atoms with Crippen molar-refractivity contribution in [2.24, 2.45) is 0 Å². The Morgan fingerprint density at radius 3 is 2.64 bits per heavy atom. The van der Waals surface area contributed by atoms with E-state index in [0.29, 0.717) is 11.4 Å². The Labute approximate surface area is 149 Å². The number of aryl methyl sites for hydroxylation is 1. The van der Waals surface area contributed by atoms with Gasteiger partial charge in [-0.15, -0.1) is 0 Å². The molecule has 1 heterocycles. The Morgan fingerprint density at radius 1 is 1.32 bits per heavy atom. The second-order valence-corrected chi connectivity index (χ2v) is 6.74. The number of methoxy groups -OCH3 is 1. The highest BCUT2D eigenvalue weighted by Crippen LogP contribution is 2.20. The van der Waals surface area contributed by atoms with Crippen LogP contribution in [0.4, 0.5) is 5.69 Å². The minimum Gasteiger partial charge on any atom is -0.469 e. The molecule has 0 unspecified atom stereocenters. The van der Waals surface area contributed by atoms with Crippen LogP contribution in [0.5, 0.6) is 0 Å². The van der Waals surface area contributed by atoms with Gasteiger partial charge >= 0.3 is 5.97 Å². The maximum absolute atomic E-state index is 12.3. The van der Waals surface area contributed by atoms with Crippen LogP contribution in [0, 0.1) is 6.92 Å². The molecule has 0 saturated heterocycles. The number of benzene rings is 1. The number of aromatic nitrogens is 2. The van der Waals surface area contributed by atoms with E-state index in [1.54, 1.807) is 6.92 Å². The van der Waals surface area contributed by atoms with Gasteiger partial charge in [-0.1, -0.05) is 29.5 Å². The van der Waals surface area contributed by atoms with E-state index in [1.165, 1.54) is 13.2 Å². The summed E-state index contributed by atoms with van der Waals surface area (Å²) >= 11 is 1.11. The molecule has 1 atom stereocenters. The van der Waals surface area contributed by atoms with E-state index in [9.17, 15) is 14.4 Å². The molecular formula is C17H19N3O4S. The summed E-state index contributed by atoms with van der Waals surface area (Å²) < 4.78 is 4.57. The maximum atomic E-state index is 12.3. The average molecular weight is 361 g/mol. The number of anilines is 1. The molecule has 0 fully saturated rings. The van der Waals surface area contributed by atoms with Crippen molar-refractivity contribution in [3.05, 3.63) is 51.9 Å². The van der Waals surface area contributed by atoms with Gasteiger partial charge in [0.15, 0.2) is 5.16 Å². The predicted molar refractivity (Wildman–Crippen MR) is 95.7 cm³/mol. The second kappa shape index (κ2) is 8.48. The van der Waals surface area contributed by atoms with Gasteiger partial charge in [-0.2, -0.15) is 0 Å². The van der Waals surface area contributed by atoms with Gasteiger partial charge in [0.05, 0.1) is 24.5 Å². The fraction of sp³-hybridized carbons (Fsp3) is 0.294. The van der Waals surface area contributed by atoms with Crippen molar-refractivity contribution < 1.29 is 14.3 Å². The summed E-state index contributed by atoms with van der Waals surface area (Å²) in [6.07, 6.45) is -0.0993. The third kappa shape index (κ3) is 5.75. The largest absolute Gasteiger partial charge is 0.469 e. The van der Waals surface area contributed by atoms with Crippen molar-refractivity contribution in [1.29, 1.82) is 0 Å². The zero-order valence-corrected chi connectivity index (χ0v) is 15.0. The Balaban J connectivity index is 2.04. The minimum absolute atomic E-state index is 0.0993. The number of nitrogens with one attached hydrogen (secondary N) is 2. The van der Waals surface area contributed by atoms with E-state index in [0.717, 1.165) is 17.3 Å². The molecule has 0 aliphatic rings. The van der Waals surface area contributed by atoms with Gasteiger partial charge in [0, 0.05) is 11.8 Å². The Hall–Kier alpha value is -2.61. The molecule has 25 heavy (non-hydrogen) atoms. The molecule has 132 valence electrons. The SMILES string of the molecule is COC(=O)Cc1cc(=O)[nH]c(S[C@H](C)C(=O)Nc2ccc(C)cc2)n1. The monoisotopic (exact) mass is 361 g/mol. The third-order valence-electron chi connectivity index (χ3n) is 3.30. The molecule has 1 aromatic heterocycles. The van der Waals surface area contributed by atoms with E-state index in [1.807, 2.05) is 31.2 Å². The summed E-state index contributed by atoms with van der Waals surface area (Å²) in [6.45, 7) is 3.68. The van der Waals surface area contributed by atoms with Crippen molar-refractivity contribution in [2.75, 3.05) is 12.4 Å². The van der Waals surface area contributed by atoms with Crippen molar-refractivity contribution in [1.82, 2.24) is 9.97 Å². The van der Waals surface area contributed by atoms with E-state index in [4.69, 9.17) is 0 Å². The van der Waals surface area contributed by atoms with Crippen molar-refractivity contribution in [3.8, 4) is 0 Å². The molecule has 2 aromatic rings. The number of esters is 1. The molecule has 7 nitrogen and oxygen atoms in total. The van der Waals surface area contributed by atoms with E-state index < -0.39 is 11.2 Å². The maximum Gasteiger partial charge on any atom is 0.311 e. The number of hydrogen-bond acceptors (Lipinski definition) is 6. The number of aromatic amines is 1. The summed E-state index contributed by atoms with van der Waals surface area (Å²) in [6, 6.07) is 8.69. The molecule has 0 saturated carbocycles. The summed E-state index contributed by atoms with van der Waals surface area (Å²) in [5, 5.41) is 2.59. The number of ether oxygens (including phenoxy) is 1. The molecular weight excluding hydrogens is 342 g/mol. The number of rotatable bonds is 6. The van der Waals surface area contributed by atoms with Crippen LogP contribution in [0.25, 0.3) is 0 Å². The number of carbonyl (C=O) groups excluding carboxylic acids is 2. The van der Waals surface area contributed by atoms with Crippen LogP contribution in [-0.4, -0.2) is 34.2 Å². The molecule has 0 aliphatic carbocycles. The second-order valence-electron chi connectivity index (χ2n) is 5.41. The highest BCUT2D eigenvalue weighted by molar-refractivity contribution is 8.00. The Kier molecular flexibility index (Phi) is 6.35. The molecule has 8 heteroatoms. The van der Waals surface area contributed by atoms with Crippen LogP contribution < -0.4 is 10.9 Å². The molecule has 0 bridgehead atoms. The molecule has 1 aromatic carbocycles. The zero-order valence-electron chi connectivity index (χ0n) is 14.2. The highest BCUT2D eigenvalue weighted by atomic mass is 32.2. The van der Waals surface area contributed by atoms with Crippen molar-refractivity contribution in [2.45, 2.75) is 30.7 Å². The molecule has 2 rings (SSSR count). The molecule has 1 amide bonds. The normalized spacial score (nSPS) is 11.6. The lowest BCUT2D eigenvalue weighted by molar-refractivity contribution is -0.139. The van der Waals surface area contributed by atoms with Gasteiger partial charge in [0.2, 0.25) is 5.91 Å². The standard InChI is InChI=1S/C17H19N3O4S/c1-10-4-6-12(7-5-10)18-16(23)11(2)25-17-19-13(8-14(21)20-17)9-15(22)24-3/h4-8,11H,9H2,1-3H3,(H,18,23)(H,19,20,21)/t11-/m1/s1. The van der Waals surface area contributed by atoms with Gasteiger partial charge in [0.1, 0.15) is 0 Å². The molecule has 0 radical (unpaired) electrons. The lowest BCUT2D eigenvalue weighted by Crippen LogP contribution is -2.23. The van der Waals surface area contributed by atoms with Gasteiger partial charge in [-0.3, -0.25) is 14.4 Å². The number of H-pyrrole nitrogens is 1. The number of thioether (sulfide) groups is 1. The zero-order chi connectivity index (χ0) is 18.4. The first-order valence-electron chi connectivity index (χ1n) is 7.58. The first-order valence-corrected chi connectivity index (χ1v) is 8.46. The molecule has 0 aliphatic heterocycles. The van der Waals surface area contributed by atoms with Crippen LogP contribution in [0.3, 0.4) is 0 Å².